The minimum Gasteiger partial charge on any atom is -0.392 e. The van der Waals surface area contributed by atoms with Crippen molar-refractivity contribution in [3.63, 3.8) is 0 Å². The highest BCUT2D eigenvalue weighted by Crippen LogP contribution is 2.46. The molecule has 0 bridgehead atoms. The Morgan fingerprint density at radius 1 is 1.65 bits per heavy atom. The second kappa shape index (κ2) is 4.88. The number of rotatable bonds is 4. The van der Waals surface area contributed by atoms with Gasteiger partial charge < -0.3 is 20.7 Å². The van der Waals surface area contributed by atoms with Crippen LogP contribution in [0.5, 0.6) is 0 Å². The zero-order chi connectivity index (χ0) is 12.5. The molecule has 1 aliphatic heterocycles. The van der Waals surface area contributed by atoms with E-state index in [1.165, 1.54) is 0 Å². The third-order valence-electron chi connectivity index (χ3n) is 3.49. The predicted molar refractivity (Wildman–Crippen MR) is 68.7 cm³/mol. The first-order chi connectivity index (χ1) is 8.04. The highest BCUT2D eigenvalue weighted by Gasteiger charge is 2.52. The molecule has 5 nitrogen and oxygen atoms in total. The quantitative estimate of drug-likeness (QED) is 0.665. The summed E-state index contributed by atoms with van der Waals surface area (Å²) in [5.74, 6) is -0.0400. The Kier molecular flexibility index (Phi) is 3.65. The molecule has 1 unspecified atom stereocenters. The average Bonchev–Trinajstić information content (AvgIpc) is 3.07. The number of nitrogens with one attached hydrogen (secondary N) is 1. The van der Waals surface area contributed by atoms with E-state index in [9.17, 15) is 4.79 Å². The maximum atomic E-state index is 11.9. The van der Waals surface area contributed by atoms with Gasteiger partial charge in [-0.25, -0.2) is 0 Å². The molecule has 17 heavy (non-hydrogen) atoms. The molecule has 2 aliphatic rings. The molecular weight excluding hydrogens is 238 g/mol. The van der Waals surface area contributed by atoms with E-state index in [1.807, 2.05) is 0 Å². The molecule has 0 spiro atoms. The van der Waals surface area contributed by atoms with Crippen molar-refractivity contribution in [1.82, 2.24) is 10.2 Å². The van der Waals surface area contributed by atoms with E-state index in [-0.39, 0.29) is 12.0 Å². The van der Waals surface area contributed by atoms with Gasteiger partial charge in [0.15, 0.2) is 0 Å². The van der Waals surface area contributed by atoms with Crippen molar-refractivity contribution in [2.75, 3.05) is 33.3 Å². The number of nitrogens with two attached hydrogens (primary N) is 1. The zero-order valence-electron chi connectivity index (χ0n) is 10.1. The van der Waals surface area contributed by atoms with Crippen LogP contribution in [0.25, 0.3) is 0 Å². The van der Waals surface area contributed by atoms with Crippen molar-refractivity contribution < 1.29 is 9.53 Å². The molecule has 1 saturated heterocycles. The molecule has 1 amide bonds. The molecule has 0 radical (unpaired) electrons. The minimum atomic E-state index is -0.560. The van der Waals surface area contributed by atoms with Gasteiger partial charge >= 0.3 is 0 Å². The summed E-state index contributed by atoms with van der Waals surface area (Å²) in [6, 6.07) is 0. The van der Waals surface area contributed by atoms with Crippen LogP contribution in [-0.2, 0) is 9.53 Å². The van der Waals surface area contributed by atoms with Gasteiger partial charge in [0.2, 0.25) is 5.91 Å². The van der Waals surface area contributed by atoms with Gasteiger partial charge in [0.05, 0.1) is 23.1 Å². The maximum absolute atomic E-state index is 11.9. The molecule has 0 aromatic heterocycles. The number of morpholine rings is 1. The summed E-state index contributed by atoms with van der Waals surface area (Å²) in [6.07, 6.45) is 1.62. The predicted octanol–water partition coefficient (Wildman–Crippen LogP) is -0.500. The van der Waals surface area contributed by atoms with Crippen molar-refractivity contribution in [3.05, 3.63) is 0 Å². The third kappa shape index (κ3) is 2.75. The lowest BCUT2D eigenvalue weighted by atomic mass is 10.1. The number of ether oxygens (including phenoxy) is 1. The second-order valence-electron chi connectivity index (χ2n) is 4.91. The van der Waals surface area contributed by atoms with Gasteiger partial charge in [0.25, 0.3) is 0 Å². The van der Waals surface area contributed by atoms with Crippen LogP contribution in [0.3, 0.4) is 0 Å². The minimum absolute atomic E-state index is 0.0400. The maximum Gasteiger partial charge on any atom is 0.233 e. The van der Waals surface area contributed by atoms with E-state index in [0.717, 1.165) is 32.5 Å². The highest BCUT2D eigenvalue weighted by molar-refractivity contribution is 7.80. The van der Waals surface area contributed by atoms with Gasteiger partial charge in [-0.05, 0) is 19.9 Å². The van der Waals surface area contributed by atoms with Crippen LogP contribution >= 0.6 is 12.2 Å². The van der Waals surface area contributed by atoms with Gasteiger partial charge in [-0.15, -0.1) is 0 Å². The lowest BCUT2D eigenvalue weighted by molar-refractivity contribution is -0.125. The largest absolute Gasteiger partial charge is 0.392 e. The summed E-state index contributed by atoms with van der Waals surface area (Å²) in [7, 11) is 2.05. The second-order valence-corrected chi connectivity index (χ2v) is 5.35. The first-order valence-corrected chi connectivity index (χ1v) is 6.34. The molecule has 1 aliphatic carbocycles. The number of hydrogen-bond donors (Lipinski definition) is 2. The first kappa shape index (κ1) is 12.7. The monoisotopic (exact) mass is 257 g/mol. The number of hydrogen-bond acceptors (Lipinski definition) is 4. The van der Waals surface area contributed by atoms with Crippen LogP contribution in [0.4, 0.5) is 0 Å². The van der Waals surface area contributed by atoms with Crippen molar-refractivity contribution in [3.8, 4) is 0 Å². The van der Waals surface area contributed by atoms with Gasteiger partial charge in [0, 0.05) is 19.6 Å². The first-order valence-electron chi connectivity index (χ1n) is 5.93. The number of amides is 1. The molecule has 0 aromatic rings. The third-order valence-corrected chi connectivity index (χ3v) is 3.88. The Balaban J connectivity index is 1.78. The number of nitrogens with zero attached hydrogens (tertiary/aromatic N) is 1. The van der Waals surface area contributed by atoms with E-state index >= 15 is 0 Å². The van der Waals surface area contributed by atoms with Crippen LogP contribution < -0.4 is 11.1 Å². The van der Waals surface area contributed by atoms with Crippen molar-refractivity contribution >= 4 is 23.1 Å². The standard InChI is InChI=1S/C11H19N3O2S/c1-14-4-5-16-8(7-14)6-13-10(15)11(2-3-11)9(12)17/h8H,2-7H2,1H3,(H2,12,17)(H,13,15). The van der Waals surface area contributed by atoms with Crippen molar-refractivity contribution in [2.24, 2.45) is 11.1 Å². The van der Waals surface area contributed by atoms with Crippen LogP contribution in [0.15, 0.2) is 0 Å². The smallest absolute Gasteiger partial charge is 0.233 e. The summed E-state index contributed by atoms with van der Waals surface area (Å²) < 4.78 is 5.57. The molecular formula is C11H19N3O2S. The Bertz CT molecular complexity index is 331. The van der Waals surface area contributed by atoms with Crippen LogP contribution in [0, 0.1) is 5.41 Å². The molecule has 1 atom stereocenters. The molecule has 1 saturated carbocycles. The fraction of sp³-hybridized carbons (Fsp3) is 0.818. The fourth-order valence-electron chi connectivity index (χ4n) is 2.08. The molecule has 1 heterocycles. The Morgan fingerprint density at radius 2 is 2.35 bits per heavy atom. The molecule has 6 heteroatoms. The lowest BCUT2D eigenvalue weighted by Crippen LogP contribution is -2.48. The van der Waals surface area contributed by atoms with Crippen molar-refractivity contribution in [1.29, 1.82) is 0 Å². The molecule has 96 valence electrons. The van der Waals surface area contributed by atoms with Gasteiger partial charge in [-0.2, -0.15) is 0 Å². The SMILES string of the molecule is CN1CCOC(CNC(=O)C2(C(N)=S)CC2)C1. The normalized spacial score (nSPS) is 27.5. The van der Waals surface area contributed by atoms with E-state index in [2.05, 4.69) is 17.3 Å². The van der Waals surface area contributed by atoms with E-state index in [1.54, 1.807) is 0 Å². The average molecular weight is 257 g/mol. The Labute approximate surface area is 107 Å². The van der Waals surface area contributed by atoms with E-state index in [0.29, 0.717) is 11.5 Å². The van der Waals surface area contributed by atoms with E-state index in [4.69, 9.17) is 22.7 Å². The lowest BCUT2D eigenvalue weighted by Gasteiger charge is -2.30. The number of carbonyl (C=O) groups is 1. The van der Waals surface area contributed by atoms with Gasteiger partial charge in [0.1, 0.15) is 0 Å². The zero-order valence-corrected chi connectivity index (χ0v) is 10.9. The van der Waals surface area contributed by atoms with Crippen molar-refractivity contribution in [2.45, 2.75) is 18.9 Å². The van der Waals surface area contributed by atoms with Crippen LogP contribution in [0.2, 0.25) is 0 Å². The number of carbonyl (C=O) groups excluding carboxylic acids is 1. The summed E-state index contributed by atoms with van der Waals surface area (Å²) in [5, 5.41) is 2.90. The van der Waals surface area contributed by atoms with Gasteiger partial charge in [-0.1, -0.05) is 12.2 Å². The summed E-state index contributed by atoms with van der Waals surface area (Å²) in [6.45, 7) is 3.05. The Morgan fingerprint density at radius 3 is 2.88 bits per heavy atom. The van der Waals surface area contributed by atoms with E-state index < -0.39 is 5.41 Å². The van der Waals surface area contributed by atoms with Crippen LogP contribution in [0.1, 0.15) is 12.8 Å². The topological polar surface area (TPSA) is 67.6 Å². The molecule has 0 aromatic carbocycles. The van der Waals surface area contributed by atoms with Crippen LogP contribution in [-0.4, -0.2) is 55.2 Å². The fourth-order valence-corrected chi connectivity index (χ4v) is 2.37. The summed E-state index contributed by atoms with van der Waals surface area (Å²) in [5.41, 5.74) is 5.04. The summed E-state index contributed by atoms with van der Waals surface area (Å²) >= 11 is 4.94. The molecule has 2 rings (SSSR count). The Hall–Kier alpha value is -0.720. The summed E-state index contributed by atoms with van der Waals surface area (Å²) in [4.78, 5) is 14.5. The number of likely N-dealkylation sites (N-methyl/N-ethyl adjacent to an activating group) is 1. The molecule has 2 fully saturated rings. The number of thiocarbonyl (C=S) groups is 1. The van der Waals surface area contributed by atoms with Gasteiger partial charge in [-0.3, -0.25) is 4.79 Å². The highest BCUT2D eigenvalue weighted by atomic mass is 32.1. The molecule has 3 N–H and O–H groups in total.